The van der Waals surface area contributed by atoms with E-state index in [1.165, 1.54) is 59.8 Å². The number of hydrogen-bond donors (Lipinski definition) is 1. The molecule has 1 aliphatic heterocycles. The van der Waals surface area contributed by atoms with Crippen LogP contribution in [0.4, 0.5) is 0 Å². The van der Waals surface area contributed by atoms with Gasteiger partial charge in [-0.25, -0.2) is 0 Å². The molecule has 27 heavy (non-hydrogen) atoms. The Bertz CT molecular complexity index is 955. The zero-order valence-corrected chi connectivity index (χ0v) is 16.3. The number of H-pyrrole nitrogens is 1. The lowest BCUT2D eigenvalue weighted by atomic mass is 9.84. The number of fused-ring (bicyclic) bond motifs is 1. The van der Waals surface area contributed by atoms with Gasteiger partial charge in [0.1, 0.15) is 5.75 Å². The van der Waals surface area contributed by atoms with E-state index in [9.17, 15) is 0 Å². The number of hydrogen-bond acceptors (Lipinski definition) is 2. The van der Waals surface area contributed by atoms with Crippen LogP contribution in [-0.2, 0) is 6.54 Å². The third-order valence-electron chi connectivity index (χ3n) is 6.83. The Morgan fingerprint density at radius 3 is 2.70 bits per heavy atom. The average Bonchev–Trinajstić information content (AvgIpc) is 3.25. The summed E-state index contributed by atoms with van der Waals surface area (Å²) >= 11 is 0. The van der Waals surface area contributed by atoms with Gasteiger partial charge in [0.2, 0.25) is 0 Å². The van der Waals surface area contributed by atoms with Crippen LogP contribution >= 0.6 is 0 Å². The molecule has 1 aliphatic carbocycles. The summed E-state index contributed by atoms with van der Waals surface area (Å²) in [7, 11) is 1.79. The van der Waals surface area contributed by atoms with Gasteiger partial charge < -0.3 is 9.72 Å². The molecule has 1 atom stereocenters. The van der Waals surface area contributed by atoms with Crippen molar-refractivity contribution in [1.82, 2.24) is 9.88 Å². The van der Waals surface area contributed by atoms with Crippen molar-refractivity contribution >= 4 is 10.9 Å². The van der Waals surface area contributed by atoms with E-state index in [0.29, 0.717) is 11.5 Å². The van der Waals surface area contributed by atoms with Crippen LogP contribution in [0.5, 0.6) is 5.75 Å². The highest BCUT2D eigenvalue weighted by Crippen LogP contribution is 2.58. The van der Waals surface area contributed by atoms with Gasteiger partial charge in [0.15, 0.2) is 0 Å². The summed E-state index contributed by atoms with van der Waals surface area (Å²) in [6, 6.07) is 16.0. The minimum absolute atomic E-state index is 0.502. The van der Waals surface area contributed by atoms with Crippen LogP contribution in [0.15, 0.2) is 48.7 Å². The third-order valence-corrected chi connectivity index (χ3v) is 6.83. The molecule has 3 aromatic rings. The summed E-state index contributed by atoms with van der Waals surface area (Å²) in [5.41, 5.74) is 5.87. The highest BCUT2D eigenvalue weighted by Gasteiger charge is 2.48. The van der Waals surface area contributed by atoms with Crippen LogP contribution < -0.4 is 4.74 Å². The number of piperidine rings is 1. The Balaban J connectivity index is 1.53. The summed E-state index contributed by atoms with van der Waals surface area (Å²) in [4.78, 5) is 6.09. The van der Waals surface area contributed by atoms with Gasteiger partial charge in [-0.15, -0.1) is 0 Å². The highest BCUT2D eigenvalue weighted by atomic mass is 16.5. The Kier molecular flexibility index (Phi) is 4.01. The van der Waals surface area contributed by atoms with Gasteiger partial charge in [0.05, 0.1) is 7.11 Å². The van der Waals surface area contributed by atoms with Crippen LogP contribution in [0, 0.1) is 12.3 Å². The van der Waals surface area contributed by atoms with E-state index in [1.807, 2.05) is 6.20 Å². The molecule has 2 heterocycles. The van der Waals surface area contributed by atoms with Crippen LogP contribution in [0.25, 0.3) is 10.9 Å². The predicted octanol–water partition coefficient (Wildman–Crippen LogP) is 5.60. The Hall–Kier alpha value is -2.26. The van der Waals surface area contributed by atoms with Crippen molar-refractivity contribution in [2.75, 3.05) is 13.7 Å². The molecule has 0 radical (unpaired) electrons. The smallest absolute Gasteiger partial charge is 0.124 e. The van der Waals surface area contributed by atoms with Gasteiger partial charge >= 0.3 is 0 Å². The quantitative estimate of drug-likeness (QED) is 0.656. The van der Waals surface area contributed by atoms with Gasteiger partial charge in [-0.1, -0.05) is 30.3 Å². The summed E-state index contributed by atoms with van der Waals surface area (Å²) in [5, 5.41) is 1.30. The molecular formula is C24H28N2O. The van der Waals surface area contributed by atoms with Crippen LogP contribution in [-0.4, -0.2) is 23.5 Å². The zero-order valence-electron chi connectivity index (χ0n) is 16.3. The van der Waals surface area contributed by atoms with Gasteiger partial charge in [0, 0.05) is 35.2 Å². The molecule has 1 spiro atoms. The standard InChI is InChI=1S/C24H28N2O/c1-17-14-22(27-2)20(19-8-12-25-23(17)19)16-26-13-11-24(9-10-24)15-21(26)18-6-4-3-5-7-18/h3-8,12,14,21,25H,9-11,13,15-16H2,1-2H3. The minimum Gasteiger partial charge on any atom is -0.496 e. The lowest BCUT2D eigenvalue weighted by molar-refractivity contribution is 0.0937. The molecule has 5 rings (SSSR count). The number of rotatable bonds is 4. The monoisotopic (exact) mass is 360 g/mol. The van der Waals surface area contributed by atoms with Crippen molar-refractivity contribution in [3.05, 3.63) is 65.4 Å². The van der Waals surface area contributed by atoms with Gasteiger partial charge in [-0.05, 0) is 67.8 Å². The van der Waals surface area contributed by atoms with E-state index < -0.39 is 0 Å². The number of nitrogens with zero attached hydrogens (tertiary/aromatic N) is 1. The van der Waals surface area contributed by atoms with Crippen molar-refractivity contribution in [3.8, 4) is 5.75 Å². The summed E-state index contributed by atoms with van der Waals surface area (Å²) in [5.74, 6) is 1.01. The lowest BCUT2D eigenvalue weighted by Gasteiger charge is -2.40. The molecule has 1 aromatic heterocycles. The van der Waals surface area contributed by atoms with Crippen LogP contribution in [0.2, 0.25) is 0 Å². The number of aromatic amines is 1. The Morgan fingerprint density at radius 1 is 1.15 bits per heavy atom. The maximum atomic E-state index is 5.80. The van der Waals surface area contributed by atoms with E-state index >= 15 is 0 Å². The number of likely N-dealkylation sites (tertiary alicyclic amines) is 1. The molecule has 3 nitrogen and oxygen atoms in total. The number of nitrogens with one attached hydrogen (secondary N) is 1. The molecular weight excluding hydrogens is 332 g/mol. The largest absolute Gasteiger partial charge is 0.496 e. The second-order valence-corrected chi connectivity index (χ2v) is 8.49. The molecule has 2 aliphatic rings. The number of aromatic nitrogens is 1. The Labute approximate surface area is 161 Å². The second-order valence-electron chi connectivity index (χ2n) is 8.49. The van der Waals surface area contributed by atoms with E-state index in [-0.39, 0.29) is 0 Å². The van der Waals surface area contributed by atoms with Crippen molar-refractivity contribution < 1.29 is 4.74 Å². The van der Waals surface area contributed by atoms with E-state index in [0.717, 1.165) is 12.3 Å². The molecule has 140 valence electrons. The van der Waals surface area contributed by atoms with Gasteiger partial charge in [-0.3, -0.25) is 4.90 Å². The molecule has 2 fully saturated rings. The predicted molar refractivity (Wildman–Crippen MR) is 110 cm³/mol. The van der Waals surface area contributed by atoms with Crippen molar-refractivity contribution in [2.45, 2.75) is 45.2 Å². The first-order valence-corrected chi connectivity index (χ1v) is 10.1. The fraction of sp³-hybridized carbons (Fsp3) is 0.417. The first-order valence-electron chi connectivity index (χ1n) is 10.1. The summed E-state index contributed by atoms with van der Waals surface area (Å²) in [6.45, 7) is 4.26. The number of benzene rings is 2. The SMILES string of the molecule is COc1cc(C)c2[nH]ccc2c1CN1CCC2(CC2)CC1c1ccccc1. The molecule has 3 heteroatoms. The third kappa shape index (κ3) is 2.94. The van der Waals surface area contributed by atoms with Crippen LogP contribution in [0.1, 0.15) is 48.4 Å². The van der Waals surface area contributed by atoms with E-state index in [4.69, 9.17) is 4.74 Å². The fourth-order valence-corrected chi connectivity index (χ4v) is 4.99. The number of aryl methyl sites for hydroxylation is 1. The van der Waals surface area contributed by atoms with E-state index in [2.05, 4.69) is 59.3 Å². The minimum atomic E-state index is 0.502. The maximum absolute atomic E-state index is 5.80. The average molecular weight is 361 g/mol. The second kappa shape index (κ2) is 6.42. The highest BCUT2D eigenvalue weighted by molar-refractivity contribution is 5.88. The van der Waals surface area contributed by atoms with E-state index in [1.54, 1.807) is 7.11 Å². The molecule has 2 aromatic carbocycles. The molecule has 1 saturated carbocycles. The Morgan fingerprint density at radius 2 is 1.96 bits per heavy atom. The van der Waals surface area contributed by atoms with Gasteiger partial charge in [-0.2, -0.15) is 0 Å². The maximum Gasteiger partial charge on any atom is 0.124 e. The number of ether oxygens (including phenoxy) is 1. The zero-order chi connectivity index (χ0) is 18.4. The first kappa shape index (κ1) is 16.9. The van der Waals surface area contributed by atoms with Crippen LogP contribution in [0.3, 0.4) is 0 Å². The molecule has 1 saturated heterocycles. The molecule has 0 amide bonds. The summed E-state index contributed by atoms with van der Waals surface area (Å²) < 4.78 is 5.80. The topological polar surface area (TPSA) is 28.3 Å². The van der Waals surface area contributed by atoms with Gasteiger partial charge in [0.25, 0.3) is 0 Å². The van der Waals surface area contributed by atoms with Crippen molar-refractivity contribution in [2.24, 2.45) is 5.41 Å². The summed E-state index contributed by atoms with van der Waals surface area (Å²) in [6.07, 6.45) is 7.51. The first-order chi connectivity index (χ1) is 13.2. The molecule has 0 bridgehead atoms. The normalized spacial score (nSPS) is 21.6. The molecule has 1 N–H and O–H groups in total. The molecule has 1 unspecified atom stereocenters. The lowest BCUT2D eigenvalue weighted by Crippen LogP contribution is -2.37. The fourth-order valence-electron chi connectivity index (χ4n) is 4.99. The van der Waals surface area contributed by atoms with Crippen molar-refractivity contribution in [1.29, 1.82) is 0 Å². The number of methoxy groups -OCH3 is 1. The van der Waals surface area contributed by atoms with Crippen molar-refractivity contribution in [3.63, 3.8) is 0 Å².